The molecule has 0 amide bonds. The van der Waals surface area contributed by atoms with Crippen molar-refractivity contribution in [1.29, 1.82) is 0 Å². The van der Waals surface area contributed by atoms with Crippen LogP contribution >= 0.6 is 0 Å². The molecule has 1 heterocycles. The third kappa shape index (κ3) is 4.94. The van der Waals surface area contributed by atoms with Crippen LogP contribution in [0.25, 0.3) is 0 Å². The van der Waals surface area contributed by atoms with Crippen molar-refractivity contribution in [2.24, 2.45) is 10.7 Å². The standard InChI is InChI=1S/C18H30N4O/c1-4-21(5-2)18(19)20-14-17(22-10-12-23-13-11-22)16-8-6-15(3)7-9-16/h6-9,17H,4-5,10-14H2,1-3H3,(H2,19,20)/t17-/m1/s1. The molecule has 0 saturated carbocycles. The van der Waals surface area contributed by atoms with Crippen LogP contribution in [-0.4, -0.2) is 61.7 Å². The zero-order chi connectivity index (χ0) is 16.7. The minimum Gasteiger partial charge on any atom is -0.379 e. The van der Waals surface area contributed by atoms with Crippen molar-refractivity contribution in [2.75, 3.05) is 45.9 Å². The van der Waals surface area contributed by atoms with Gasteiger partial charge in [0.2, 0.25) is 0 Å². The molecule has 0 aliphatic carbocycles. The summed E-state index contributed by atoms with van der Waals surface area (Å²) in [6.07, 6.45) is 0. The van der Waals surface area contributed by atoms with Crippen molar-refractivity contribution < 1.29 is 4.74 Å². The van der Waals surface area contributed by atoms with Crippen LogP contribution < -0.4 is 5.73 Å². The average Bonchev–Trinajstić information content (AvgIpc) is 2.58. The highest BCUT2D eigenvalue weighted by atomic mass is 16.5. The second-order valence-electron chi connectivity index (χ2n) is 5.95. The van der Waals surface area contributed by atoms with Gasteiger partial charge in [-0.2, -0.15) is 0 Å². The zero-order valence-corrected chi connectivity index (χ0v) is 14.7. The first-order valence-electron chi connectivity index (χ1n) is 8.59. The molecular formula is C18H30N4O. The number of morpholine rings is 1. The van der Waals surface area contributed by atoms with Gasteiger partial charge in [0.15, 0.2) is 5.96 Å². The third-order valence-electron chi connectivity index (χ3n) is 4.46. The number of guanidine groups is 1. The normalized spacial score (nSPS) is 18.0. The van der Waals surface area contributed by atoms with Crippen molar-refractivity contribution in [1.82, 2.24) is 9.80 Å². The summed E-state index contributed by atoms with van der Waals surface area (Å²) in [5.41, 5.74) is 8.73. The molecule has 0 aromatic heterocycles. The van der Waals surface area contributed by atoms with E-state index in [0.717, 1.165) is 39.4 Å². The van der Waals surface area contributed by atoms with Crippen molar-refractivity contribution >= 4 is 5.96 Å². The molecule has 0 spiro atoms. The maximum absolute atomic E-state index is 6.15. The molecule has 128 valence electrons. The first kappa shape index (κ1) is 17.8. The summed E-state index contributed by atoms with van der Waals surface area (Å²) in [5, 5.41) is 0. The highest BCUT2D eigenvalue weighted by Gasteiger charge is 2.22. The predicted octanol–water partition coefficient (Wildman–Crippen LogP) is 2.02. The summed E-state index contributed by atoms with van der Waals surface area (Å²) in [4.78, 5) is 9.22. The zero-order valence-electron chi connectivity index (χ0n) is 14.7. The molecule has 0 bridgehead atoms. The van der Waals surface area contributed by atoms with Crippen molar-refractivity contribution in [2.45, 2.75) is 26.8 Å². The van der Waals surface area contributed by atoms with Crippen LogP contribution in [0.15, 0.2) is 29.3 Å². The minimum absolute atomic E-state index is 0.258. The van der Waals surface area contributed by atoms with Gasteiger partial charge in [0.25, 0.3) is 0 Å². The lowest BCUT2D eigenvalue weighted by atomic mass is 10.0. The maximum atomic E-state index is 6.15. The van der Waals surface area contributed by atoms with Gasteiger partial charge in [0.1, 0.15) is 0 Å². The molecule has 1 aromatic rings. The van der Waals surface area contributed by atoms with Crippen molar-refractivity contribution in [3.05, 3.63) is 35.4 Å². The van der Waals surface area contributed by atoms with Crippen molar-refractivity contribution in [3.8, 4) is 0 Å². The number of aliphatic imine (C=N–C) groups is 1. The number of ether oxygens (including phenoxy) is 1. The molecule has 1 saturated heterocycles. The fourth-order valence-corrected chi connectivity index (χ4v) is 2.94. The van der Waals surface area contributed by atoms with Gasteiger partial charge in [-0.3, -0.25) is 9.89 Å². The van der Waals surface area contributed by atoms with Crippen LogP contribution in [0.3, 0.4) is 0 Å². The van der Waals surface area contributed by atoms with E-state index in [1.54, 1.807) is 0 Å². The van der Waals surface area contributed by atoms with Gasteiger partial charge < -0.3 is 15.4 Å². The number of hydrogen-bond acceptors (Lipinski definition) is 3. The number of nitrogens with two attached hydrogens (primary N) is 1. The van der Waals surface area contributed by atoms with Gasteiger partial charge in [0, 0.05) is 26.2 Å². The summed E-state index contributed by atoms with van der Waals surface area (Å²) in [6, 6.07) is 9.01. The minimum atomic E-state index is 0.258. The first-order chi connectivity index (χ1) is 11.2. The van der Waals surface area contributed by atoms with E-state index >= 15 is 0 Å². The van der Waals surface area contributed by atoms with Gasteiger partial charge in [-0.1, -0.05) is 29.8 Å². The number of nitrogens with zero attached hydrogens (tertiary/aromatic N) is 3. The van der Waals surface area contributed by atoms with Crippen LogP contribution in [-0.2, 0) is 4.74 Å². The van der Waals surface area contributed by atoms with Gasteiger partial charge in [-0.05, 0) is 26.3 Å². The molecule has 2 rings (SSSR count). The molecule has 1 fully saturated rings. The van der Waals surface area contributed by atoms with Crippen molar-refractivity contribution in [3.63, 3.8) is 0 Å². The van der Waals surface area contributed by atoms with Gasteiger partial charge >= 0.3 is 0 Å². The number of hydrogen-bond donors (Lipinski definition) is 1. The van der Waals surface area contributed by atoms with E-state index in [4.69, 9.17) is 10.5 Å². The molecule has 0 radical (unpaired) electrons. The Labute approximate surface area is 140 Å². The molecule has 1 atom stereocenters. The molecule has 23 heavy (non-hydrogen) atoms. The van der Waals surface area contributed by atoms with Crippen LogP contribution in [0.4, 0.5) is 0 Å². The van der Waals surface area contributed by atoms with E-state index in [1.807, 2.05) is 0 Å². The Hall–Kier alpha value is -1.59. The van der Waals surface area contributed by atoms with Gasteiger partial charge in [-0.25, -0.2) is 0 Å². The lowest BCUT2D eigenvalue weighted by Gasteiger charge is -2.34. The highest BCUT2D eigenvalue weighted by Crippen LogP contribution is 2.23. The van der Waals surface area contributed by atoms with Crippen LogP contribution in [0.1, 0.15) is 31.0 Å². The van der Waals surface area contributed by atoms with E-state index in [2.05, 4.69) is 59.8 Å². The molecular weight excluding hydrogens is 288 g/mol. The summed E-state index contributed by atoms with van der Waals surface area (Å²) in [5.74, 6) is 0.639. The lowest BCUT2D eigenvalue weighted by molar-refractivity contribution is 0.0179. The Bertz CT molecular complexity index is 490. The second kappa shape index (κ2) is 8.89. The Morgan fingerprint density at radius 3 is 2.39 bits per heavy atom. The summed E-state index contributed by atoms with van der Waals surface area (Å²) in [6.45, 7) is 12.2. The summed E-state index contributed by atoms with van der Waals surface area (Å²) >= 11 is 0. The maximum Gasteiger partial charge on any atom is 0.191 e. The Balaban J connectivity index is 2.16. The number of rotatable bonds is 6. The quantitative estimate of drug-likeness (QED) is 0.644. The molecule has 5 nitrogen and oxygen atoms in total. The SMILES string of the molecule is CCN(CC)C(N)=NC[C@H](c1ccc(C)cc1)N1CCOCC1. The van der Waals surface area contributed by atoms with E-state index < -0.39 is 0 Å². The van der Waals surface area contributed by atoms with Gasteiger partial charge in [0.05, 0.1) is 25.8 Å². The third-order valence-corrected chi connectivity index (χ3v) is 4.46. The Morgan fingerprint density at radius 2 is 1.83 bits per heavy atom. The molecule has 1 aromatic carbocycles. The monoisotopic (exact) mass is 318 g/mol. The fraction of sp³-hybridized carbons (Fsp3) is 0.611. The van der Waals surface area contributed by atoms with Crippen LogP contribution in [0.2, 0.25) is 0 Å². The average molecular weight is 318 g/mol. The Morgan fingerprint density at radius 1 is 1.22 bits per heavy atom. The topological polar surface area (TPSA) is 54.1 Å². The Kier molecular flexibility index (Phi) is 6.86. The predicted molar refractivity (Wildman–Crippen MR) is 95.7 cm³/mol. The van der Waals surface area contributed by atoms with Crippen LogP contribution in [0, 0.1) is 6.92 Å². The smallest absolute Gasteiger partial charge is 0.191 e. The van der Waals surface area contributed by atoms with E-state index in [0.29, 0.717) is 12.5 Å². The molecule has 5 heteroatoms. The second-order valence-corrected chi connectivity index (χ2v) is 5.95. The largest absolute Gasteiger partial charge is 0.379 e. The van der Waals surface area contributed by atoms with E-state index in [-0.39, 0.29) is 6.04 Å². The molecule has 1 aliphatic rings. The fourth-order valence-electron chi connectivity index (χ4n) is 2.94. The van der Waals surface area contributed by atoms with Gasteiger partial charge in [-0.15, -0.1) is 0 Å². The van der Waals surface area contributed by atoms with E-state index in [9.17, 15) is 0 Å². The molecule has 0 unspecified atom stereocenters. The molecule has 2 N–H and O–H groups in total. The highest BCUT2D eigenvalue weighted by molar-refractivity contribution is 5.78. The number of benzene rings is 1. The van der Waals surface area contributed by atoms with Crippen LogP contribution in [0.5, 0.6) is 0 Å². The van der Waals surface area contributed by atoms with E-state index in [1.165, 1.54) is 11.1 Å². The summed E-state index contributed by atoms with van der Waals surface area (Å²) < 4.78 is 5.49. The number of aryl methyl sites for hydroxylation is 1. The summed E-state index contributed by atoms with van der Waals surface area (Å²) in [7, 11) is 0. The molecule has 1 aliphatic heterocycles. The first-order valence-corrected chi connectivity index (χ1v) is 8.59. The lowest BCUT2D eigenvalue weighted by Crippen LogP contribution is -2.41.